The summed E-state index contributed by atoms with van der Waals surface area (Å²) in [4.78, 5) is 0. The number of aliphatic hydroxyl groups excluding tert-OH is 3. The largest absolute Gasteiger partial charge is 0.394 e. The fraction of sp³-hybridized carbons (Fsp3) is 1.00. The Labute approximate surface area is 103 Å². The van der Waals surface area contributed by atoms with Crippen molar-refractivity contribution < 1.29 is 24.8 Å². The zero-order valence-corrected chi connectivity index (χ0v) is 11.2. The van der Waals surface area contributed by atoms with Gasteiger partial charge in [0.15, 0.2) is 0 Å². The van der Waals surface area contributed by atoms with Gasteiger partial charge in [-0.05, 0) is 20.3 Å². The van der Waals surface area contributed by atoms with Crippen molar-refractivity contribution in [3.63, 3.8) is 0 Å². The third-order valence-electron chi connectivity index (χ3n) is 2.75. The molecule has 17 heavy (non-hydrogen) atoms. The van der Waals surface area contributed by atoms with Crippen LogP contribution < -0.4 is 0 Å². The second-order valence-corrected chi connectivity index (χ2v) is 4.84. The summed E-state index contributed by atoms with van der Waals surface area (Å²) in [6, 6.07) is 0. The topological polar surface area (TPSA) is 79.2 Å². The molecule has 0 radical (unpaired) electrons. The highest BCUT2D eigenvalue weighted by Crippen LogP contribution is 2.17. The molecule has 5 heteroatoms. The molecule has 0 aliphatic rings. The maximum atomic E-state index is 9.72. The quantitative estimate of drug-likeness (QED) is 0.549. The molecule has 5 nitrogen and oxygen atoms in total. The molecule has 0 bridgehead atoms. The van der Waals surface area contributed by atoms with E-state index in [1.165, 1.54) is 7.11 Å². The van der Waals surface area contributed by atoms with Crippen molar-refractivity contribution in [3.05, 3.63) is 0 Å². The Morgan fingerprint density at radius 2 is 1.82 bits per heavy atom. The lowest BCUT2D eigenvalue weighted by Gasteiger charge is -2.29. The zero-order valence-electron chi connectivity index (χ0n) is 11.2. The van der Waals surface area contributed by atoms with Crippen LogP contribution in [0.5, 0.6) is 0 Å². The number of aliphatic hydroxyl groups is 3. The summed E-state index contributed by atoms with van der Waals surface area (Å²) >= 11 is 0. The van der Waals surface area contributed by atoms with E-state index in [4.69, 9.17) is 14.6 Å². The molecular weight excluding hydrogens is 224 g/mol. The summed E-state index contributed by atoms with van der Waals surface area (Å²) in [5.41, 5.74) is -0.322. The van der Waals surface area contributed by atoms with E-state index >= 15 is 0 Å². The van der Waals surface area contributed by atoms with Gasteiger partial charge in [-0.1, -0.05) is 13.3 Å². The fourth-order valence-electron chi connectivity index (χ4n) is 1.65. The van der Waals surface area contributed by atoms with Gasteiger partial charge in [0.25, 0.3) is 0 Å². The lowest BCUT2D eigenvalue weighted by atomic mass is 10.0. The van der Waals surface area contributed by atoms with Gasteiger partial charge in [-0.3, -0.25) is 0 Å². The van der Waals surface area contributed by atoms with Gasteiger partial charge in [-0.15, -0.1) is 0 Å². The smallest absolute Gasteiger partial charge is 0.110 e. The molecule has 0 aromatic rings. The van der Waals surface area contributed by atoms with Crippen molar-refractivity contribution in [1.82, 2.24) is 0 Å². The van der Waals surface area contributed by atoms with Crippen LogP contribution in [-0.2, 0) is 9.47 Å². The third-order valence-corrected chi connectivity index (χ3v) is 2.75. The van der Waals surface area contributed by atoms with E-state index in [2.05, 4.69) is 6.92 Å². The van der Waals surface area contributed by atoms with Gasteiger partial charge in [0.2, 0.25) is 0 Å². The van der Waals surface area contributed by atoms with Gasteiger partial charge in [0.05, 0.1) is 18.8 Å². The van der Waals surface area contributed by atoms with Gasteiger partial charge in [-0.2, -0.15) is 0 Å². The first-order valence-corrected chi connectivity index (χ1v) is 6.01. The van der Waals surface area contributed by atoms with E-state index in [1.807, 2.05) is 13.8 Å². The first-order chi connectivity index (χ1) is 7.87. The highest BCUT2D eigenvalue weighted by Gasteiger charge is 2.28. The number of hydrogen-bond donors (Lipinski definition) is 3. The Kier molecular flexibility index (Phi) is 7.91. The first kappa shape index (κ1) is 16.8. The van der Waals surface area contributed by atoms with E-state index in [0.29, 0.717) is 0 Å². The summed E-state index contributed by atoms with van der Waals surface area (Å²) in [6.07, 6.45) is -1.14. The van der Waals surface area contributed by atoms with E-state index in [9.17, 15) is 10.2 Å². The minimum absolute atomic E-state index is 0.0219. The van der Waals surface area contributed by atoms with E-state index in [0.717, 1.165) is 12.8 Å². The molecule has 104 valence electrons. The van der Waals surface area contributed by atoms with Crippen LogP contribution in [0.4, 0.5) is 0 Å². The van der Waals surface area contributed by atoms with Gasteiger partial charge in [-0.25, -0.2) is 0 Å². The monoisotopic (exact) mass is 250 g/mol. The highest BCUT2D eigenvalue weighted by molar-refractivity contribution is 4.77. The average Bonchev–Trinajstić information content (AvgIpc) is 2.27. The standard InChI is InChI=1S/C12H26O5/c1-5-6-12(2,3)17-8-9(14)11(15)10(7-13)16-4/h9-11,13-15H,5-8H2,1-4H3/t9-,10?,11?/m1/s1. The summed E-state index contributed by atoms with van der Waals surface area (Å²) < 4.78 is 10.4. The molecule has 0 heterocycles. The lowest BCUT2D eigenvalue weighted by Crippen LogP contribution is -2.44. The molecule has 0 amide bonds. The molecule has 3 atom stereocenters. The number of rotatable bonds is 9. The zero-order chi connectivity index (χ0) is 13.5. The van der Waals surface area contributed by atoms with Crippen molar-refractivity contribution in [2.45, 2.75) is 57.5 Å². The summed E-state index contributed by atoms with van der Waals surface area (Å²) in [7, 11) is 1.37. The van der Waals surface area contributed by atoms with Crippen molar-refractivity contribution >= 4 is 0 Å². The molecule has 0 spiro atoms. The molecule has 0 aliphatic heterocycles. The predicted molar refractivity (Wildman–Crippen MR) is 64.8 cm³/mol. The van der Waals surface area contributed by atoms with Crippen molar-refractivity contribution in [1.29, 1.82) is 0 Å². The number of ether oxygens (including phenoxy) is 2. The van der Waals surface area contributed by atoms with Crippen LogP contribution >= 0.6 is 0 Å². The molecule has 0 aromatic heterocycles. The fourth-order valence-corrected chi connectivity index (χ4v) is 1.65. The summed E-state index contributed by atoms with van der Waals surface area (Å²) in [6.45, 7) is 5.62. The van der Waals surface area contributed by atoms with E-state index < -0.39 is 18.3 Å². The van der Waals surface area contributed by atoms with Crippen molar-refractivity contribution in [3.8, 4) is 0 Å². The SMILES string of the molecule is CCCC(C)(C)OC[C@@H](O)C(O)C(CO)OC. The molecule has 2 unspecified atom stereocenters. The number of methoxy groups -OCH3 is 1. The van der Waals surface area contributed by atoms with E-state index in [-0.39, 0.29) is 18.8 Å². The minimum Gasteiger partial charge on any atom is -0.394 e. The third kappa shape index (κ3) is 6.33. The van der Waals surface area contributed by atoms with Crippen LogP contribution in [0.15, 0.2) is 0 Å². The Morgan fingerprint density at radius 3 is 2.24 bits per heavy atom. The molecular formula is C12H26O5. The summed E-state index contributed by atoms with van der Waals surface area (Å²) in [5, 5.41) is 28.3. The first-order valence-electron chi connectivity index (χ1n) is 6.01. The molecule has 0 saturated carbocycles. The highest BCUT2D eigenvalue weighted by atomic mass is 16.5. The Bertz CT molecular complexity index is 191. The van der Waals surface area contributed by atoms with Gasteiger partial charge >= 0.3 is 0 Å². The number of hydrogen-bond acceptors (Lipinski definition) is 5. The maximum absolute atomic E-state index is 9.72. The lowest BCUT2D eigenvalue weighted by molar-refractivity contribution is -0.134. The minimum atomic E-state index is -1.15. The average molecular weight is 250 g/mol. The molecule has 0 aliphatic carbocycles. The second kappa shape index (κ2) is 8.00. The van der Waals surface area contributed by atoms with Crippen LogP contribution in [0.2, 0.25) is 0 Å². The summed E-state index contributed by atoms with van der Waals surface area (Å²) in [5.74, 6) is 0. The molecule has 0 aromatic carbocycles. The normalized spacial score (nSPS) is 17.8. The Balaban J connectivity index is 4.12. The van der Waals surface area contributed by atoms with Gasteiger partial charge in [0.1, 0.15) is 18.3 Å². The predicted octanol–water partition coefficient (Wildman–Crippen LogP) is 0.311. The second-order valence-electron chi connectivity index (χ2n) is 4.84. The molecule has 3 N–H and O–H groups in total. The van der Waals surface area contributed by atoms with Gasteiger partial charge in [0, 0.05) is 7.11 Å². The van der Waals surface area contributed by atoms with Gasteiger partial charge < -0.3 is 24.8 Å². The Hall–Kier alpha value is -0.200. The van der Waals surface area contributed by atoms with Crippen molar-refractivity contribution in [2.24, 2.45) is 0 Å². The van der Waals surface area contributed by atoms with Crippen LogP contribution in [0, 0.1) is 0 Å². The van der Waals surface area contributed by atoms with Crippen LogP contribution in [0.3, 0.4) is 0 Å². The molecule has 0 rings (SSSR count). The maximum Gasteiger partial charge on any atom is 0.110 e. The van der Waals surface area contributed by atoms with Crippen molar-refractivity contribution in [2.75, 3.05) is 20.3 Å². The Morgan fingerprint density at radius 1 is 1.24 bits per heavy atom. The van der Waals surface area contributed by atoms with E-state index in [1.54, 1.807) is 0 Å². The van der Waals surface area contributed by atoms with Crippen LogP contribution in [0.25, 0.3) is 0 Å². The van der Waals surface area contributed by atoms with Crippen LogP contribution in [-0.4, -0.2) is 59.6 Å². The van der Waals surface area contributed by atoms with Crippen LogP contribution in [0.1, 0.15) is 33.6 Å². The molecule has 0 fully saturated rings. The molecule has 0 saturated heterocycles.